The lowest BCUT2D eigenvalue weighted by atomic mass is 10.1. The highest BCUT2D eigenvalue weighted by atomic mass is 35.5. The lowest BCUT2D eigenvalue weighted by Gasteiger charge is -2.04. The molecule has 0 fully saturated rings. The summed E-state index contributed by atoms with van der Waals surface area (Å²) in [5.41, 5.74) is 2.45. The monoisotopic (exact) mass is 308 g/mol. The van der Waals surface area contributed by atoms with E-state index in [1.807, 2.05) is 29.5 Å². The molecule has 1 aromatic carbocycles. The van der Waals surface area contributed by atoms with Gasteiger partial charge in [0, 0.05) is 22.9 Å². The van der Waals surface area contributed by atoms with Crippen LogP contribution in [0.5, 0.6) is 0 Å². The molecule has 20 heavy (non-hydrogen) atoms. The number of benzene rings is 1. The summed E-state index contributed by atoms with van der Waals surface area (Å²) in [6, 6.07) is 8.02. The first-order valence-corrected chi connectivity index (χ1v) is 8.23. The predicted octanol–water partition coefficient (Wildman–Crippen LogP) is 4.62. The Morgan fingerprint density at radius 2 is 2.15 bits per heavy atom. The fourth-order valence-electron chi connectivity index (χ4n) is 2.13. The van der Waals surface area contributed by atoms with Crippen LogP contribution in [-0.4, -0.2) is 11.5 Å². The van der Waals surface area contributed by atoms with Gasteiger partial charge in [-0.1, -0.05) is 44.5 Å². The highest BCUT2D eigenvalue weighted by Crippen LogP contribution is 2.27. The zero-order chi connectivity index (χ0) is 14.5. The minimum absolute atomic E-state index is 0.466. The summed E-state index contributed by atoms with van der Waals surface area (Å²) in [4.78, 5) is 6.18. The van der Waals surface area contributed by atoms with Crippen LogP contribution >= 0.6 is 22.9 Å². The van der Waals surface area contributed by atoms with Gasteiger partial charge in [-0.05, 0) is 30.2 Å². The number of hydrogen-bond donors (Lipinski definition) is 1. The van der Waals surface area contributed by atoms with E-state index in [0.29, 0.717) is 5.92 Å². The summed E-state index contributed by atoms with van der Waals surface area (Å²) in [7, 11) is 0. The molecule has 1 aromatic heterocycles. The number of nitrogens with one attached hydrogen (secondary N) is 1. The van der Waals surface area contributed by atoms with E-state index in [1.54, 1.807) is 0 Å². The Balaban J connectivity index is 2.19. The zero-order valence-electron chi connectivity index (χ0n) is 12.2. The van der Waals surface area contributed by atoms with Crippen LogP contribution in [0.25, 0.3) is 0 Å². The molecule has 0 radical (unpaired) electrons. The highest BCUT2D eigenvalue weighted by Gasteiger charge is 2.14. The number of halogens is 1. The van der Waals surface area contributed by atoms with Crippen LogP contribution in [0.1, 0.15) is 47.8 Å². The first-order valence-electron chi connectivity index (χ1n) is 7.03. The Morgan fingerprint density at radius 3 is 2.80 bits per heavy atom. The third-order valence-corrected chi connectivity index (χ3v) is 4.40. The molecule has 0 saturated heterocycles. The lowest BCUT2D eigenvalue weighted by molar-refractivity contribution is 0.713. The topological polar surface area (TPSA) is 24.9 Å². The smallest absolute Gasteiger partial charge is 0.0975 e. The predicted molar refractivity (Wildman–Crippen MR) is 87.8 cm³/mol. The molecule has 0 bridgehead atoms. The highest BCUT2D eigenvalue weighted by molar-refractivity contribution is 7.11. The van der Waals surface area contributed by atoms with E-state index in [1.165, 1.54) is 21.1 Å². The summed E-state index contributed by atoms with van der Waals surface area (Å²) in [5.74, 6) is 0.466. The average molecular weight is 309 g/mol. The second-order valence-corrected chi connectivity index (χ2v) is 6.76. The van der Waals surface area contributed by atoms with Gasteiger partial charge in [-0.3, -0.25) is 0 Å². The van der Waals surface area contributed by atoms with Crippen molar-refractivity contribution in [2.45, 2.75) is 39.7 Å². The number of thiazole rings is 1. The summed E-state index contributed by atoms with van der Waals surface area (Å²) < 4.78 is 0. The molecule has 0 spiro atoms. The molecule has 0 aliphatic heterocycles. The van der Waals surface area contributed by atoms with Crippen LogP contribution in [0.3, 0.4) is 0 Å². The zero-order valence-corrected chi connectivity index (χ0v) is 13.8. The SMILES string of the molecule is CCNCc1sc(Cc2cccc(Cl)c2)nc1C(C)C. The van der Waals surface area contributed by atoms with Gasteiger partial charge in [0.1, 0.15) is 0 Å². The van der Waals surface area contributed by atoms with Crippen molar-refractivity contribution >= 4 is 22.9 Å². The molecule has 4 heteroatoms. The molecule has 0 aliphatic rings. The first-order chi connectivity index (χ1) is 9.60. The third-order valence-electron chi connectivity index (χ3n) is 3.10. The molecule has 1 heterocycles. The van der Waals surface area contributed by atoms with E-state index in [2.05, 4.69) is 32.2 Å². The largest absolute Gasteiger partial charge is 0.312 e. The molecule has 2 nitrogen and oxygen atoms in total. The van der Waals surface area contributed by atoms with Crippen LogP contribution in [0.15, 0.2) is 24.3 Å². The van der Waals surface area contributed by atoms with Crippen LogP contribution in [0.2, 0.25) is 5.02 Å². The number of nitrogens with zero attached hydrogens (tertiary/aromatic N) is 1. The molecule has 1 N–H and O–H groups in total. The third kappa shape index (κ3) is 4.05. The fraction of sp³-hybridized carbons (Fsp3) is 0.438. The van der Waals surface area contributed by atoms with E-state index in [-0.39, 0.29) is 0 Å². The Morgan fingerprint density at radius 1 is 1.35 bits per heavy atom. The number of rotatable bonds is 6. The molecule has 2 rings (SSSR count). The minimum atomic E-state index is 0.466. The Hall–Kier alpha value is -0.900. The molecule has 0 saturated carbocycles. The normalized spacial score (nSPS) is 11.2. The summed E-state index contributed by atoms with van der Waals surface area (Å²) in [5, 5.41) is 5.35. The van der Waals surface area contributed by atoms with E-state index < -0.39 is 0 Å². The Kier molecular flexibility index (Phi) is 5.58. The van der Waals surface area contributed by atoms with Crippen LogP contribution < -0.4 is 5.32 Å². The second-order valence-electron chi connectivity index (χ2n) is 5.16. The maximum absolute atomic E-state index is 6.04. The minimum Gasteiger partial charge on any atom is -0.312 e. The van der Waals surface area contributed by atoms with Crippen molar-refractivity contribution in [3.63, 3.8) is 0 Å². The molecule has 0 atom stereocenters. The van der Waals surface area contributed by atoms with Gasteiger partial charge < -0.3 is 5.32 Å². The second kappa shape index (κ2) is 7.21. The van der Waals surface area contributed by atoms with Gasteiger partial charge in [-0.25, -0.2) is 4.98 Å². The fourth-order valence-corrected chi connectivity index (χ4v) is 3.57. The standard InChI is InChI=1S/C16H21ClN2S/c1-4-18-10-14-16(11(2)3)19-15(20-14)9-12-6-5-7-13(17)8-12/h5-8,11,18H,4,9-10H2,1-3H3. The Bertz CT molecular complexity index is 563. The van der Waals surface area contributed by atoms with Crippen molar-refractivity contribution in [2.24, 2.45) is 0 Å². The van der Waals surface area contributed by atoms with Crippen LogP contribution in [-0.2, 0) is 13.0 Å². The summed E-state index contributed by atoms with van der Waals surface area (Å²) in [6.45, 7) is 8.43. The van der Waals surface area contributed by atoms with Gasteiger partial charge in [0.05, 0.1) is 10.7 Å². The van der Waals surface area contributed by atoms with Crippen molar-refractivity contribution in [1.82, 2.24) is 10.3 Å². The summed E-state index contributed by atoms with van der Waals surface area (Å²) >= 11 is 7.85. The van der Waals surface area contributed by atoms with Crippen molar-refractivity contribution in [1.29, 1.82) is 0 Å². The molecule has 2 aromatic rings. The van der Waals surface area contributed by atoms with Gasteiger partial charge in [-0.15, -0.1) is 11.3 Å². The number of aromatic nitrogens is 1. The van der Waals surface area contributed by atoms with Crippen molar-refractivity contribution < 1.29 is 0 Å². The van der Waals surface area contributed by atoms with Gasteiger partial charge in [0.2, 0.25) is 0 Å². The van der Waals surface area contributed by atoms with Gasteiger partial charge in [-0.2, -0.15) is 0 Å². The van der Waals surface area contributed by atoms with E-state index >= 15 is 0 Å². The molecule has 108 valence electrons. The molecule has 0 aliphatic carbocycles. The van der Waals surface area contributed by atoms with E-state index in [4.69, 9.17) is 16.6 Å². The molecule has 0 amide bonds. The van der Waals surface area contributed by atoms with Gasteiger partial charge in [0.25, 0.3) is 0 Å². The van der Waals surface area contributed by atoms with Crippen LogP contribution in [0, 0.1) is 0 Å². The maximum atomic E-state index is 6.04. The quantitative estimate of drug-likeness (QED) is 0.842. The van der Waals surface area contributed by atoms with Crippen molar-refractivity contribution in [3.05, 3.63) is 50.4 Å². The number of hydrogen-bond acceptors (Lipinski definition) is 3. The Labute approximate surface area is 130 Å². The van der Waals surface area contributed by atoms with Gasteiger partial charge >= 0.3 is 0 Å². The van der Waals surface area contributed by atoms with Crippen molar-refractivity contribution in [2.75, 3.05) is 6.54 Å². The molecule has 0 unspecified atom stereocenters. The van der Waals surface area contributed by atoms with Crippen LogP contribution in [0.4, 0.5) is 0 Å². The first kappa shape index (κ1) is 15.5. The lowest BCUT2D eigenvalue weighted by Crippen LogP contribution is -2.12. The molecular formula is C16H21ClN2S. The van der Waals surface area contributed by atoms with E-state index in [0.717, 1.165) is 24.5 Å². The maximum Gasteiger partial charge on any atom is 0.0975 e. The molecular weight excluding hydrogens is 288 g/mol. The van der Waals surface area contributed by atoms with Crippen molar-refractivity contribution in [3.8, 4) is 0 Å². The average Bonchev–Trinajstić information content (AvgIpc) is 2.79. The summed E-state index contributed by atoms with van der Waals surface area (Å²) in [6.07, 6.45) is 0.858. The van der Waals surface area contributed by atoms with E-state index in [9.17, 15) is 0 Å². The van der Waals surface area contributed by atoms with Gasteiger partial charge in [0.15, 0.2) is 0 Å².